The Labute approximate surface area is 180 Å². The Hall–Kier alpha value is -2.43. The smallest absolute Gasteiger partial charge is 0.253 e. The Morgan fingerprint density at radius 2 is 2.10 bits per heavy atom. The molecule has 29 heavy (non-hydrogen) atoms. The van der Waals surface area contributed by atoms with Crippen LogP contribution in [0.2, 0.25) is 0 Å². The minimum Gasteiger partial charge on any atom is -0.493 e. The average Bonchev–Trinajstić information content (AvgIpc) is 3.52. The molecule has 3 aromatic rings. The molecule has 2 aromatic heterocycles. The quantitative estimate of drug-likeness (QED) is 0.509. The molecular weight excluding hydrogens is 428 g/mol. The van der Waals surface area contributed by atoms with E-state index < -0.39 is 0 Å². The largest absolute Gasteiger partial charge is 0.493 e. The van der Waals surface area contributed by atoms with Crippen molar-refractivity contribution in [3.63, 3.8) is 0 Å². The molecular formula is C19H18N4O3S3. The van der Waals surface area contributed by atoms with Crippen LogP contribution in [0.1, 0.15) is 22.9 Å². The monoisotopic (exact) mass is 446 g/mol. The summed E-state index contributed by atoms with van der Waals surface area (Å²) in [6.07, 6.45) is 0.644. The molecule has 0 saturated heterocycles. The number of methoxy groups -OCH3 is 2. The lowest BCUT2D eigenvalue weighted by atomic mass is 10.0. The van der Waals surface area contributed by atoms with Crippen molar-refractivity contribution in [1.82, 2.24) is 15.2 Å². The molecule has 0 spiro atoms. The molecule has 10 heteroatoms. The van der Waals surface area contributed by atoms with E-state index in [2.05, 4.69) is 15.3 Å². The van der Waals surface area contributed by atoms with Crippen molar-refractivity contribution < 1.29 is 14.3 Å². The van der Waals surface area contributed by atoms with Crippen molar-refractivity contribution in [3.05, 3.63) is 51.7 Å². The molecule has 7 nitrogen and oxygen atoms in total. The fourth-order valence-electron chi connectivity index (χ4n) is 3.07. The molecule has 1 aromatic carbocycles. The number of carbonyl (C=O) groups excluding carboxylic acids is 1. The topological polar surface area (TPSA) is 76.9 Å². The van der Waals surface area contributed by atoms with E-state index in [0.29, 0.717) is 17.9 Å². The Balaban J connectivity index is 1.61. The number of ether oxygens (including phenoxy) is 2. The maximum Gasteiger partial charge on any atom is 0.253 e. The molecule has 3 heterocycles. The van der Waals surface area contributed by atoms with Gasteiger partial charge in [0.05, 0.1) is 36.6 Å². The Morgan fingerprint density at radius 1 is 1.24 bits per heavy atom. The second kappa shape index (κ2) is 8.93. The third-order valence-corrected chi connectivity index (χ3v) is 7.19. The number of hydrogen-bond acceptors (Lipinski definition) is 9. The van der Waals surface area contributed by atoms with Crippen molar-refractivity contribution in [2.75, 3.05) is 20.0 Å². The molecule has 1 atom stereocenters. The van der Waals surface area contributed by atoms with E-state index in [1.165, 1.54) is 23.1 Å². The Bertz CT molecular complexity index is 1010. The van der Waals surface area contributed by atoms with E-state index >= 15 is 0 Å². The molecule has 0 radical (unpaired) electrons. The molecule has 0 fully saturated rings. The van der Waals surface area contributed by atoms with Crippen molar-refractivity contribution in [1.29, 1.82) is 0 Å². The van der Waals surface area contributed by atoms with Crippen molar-refractivity contribution in [2.24, 2.45) is 5.10 Å². The normalized spacial score (nSPS) is 16.0. The van der Waals surface area contributed by atoms with Gasteiger partial charge in [-0.15, -0.1) is 21.5 Å². The van der Waals surface area contributed by atoms with Gasteiger partial charge in [-0.2, -0.15) is 5.10 Å². The standard InChI is InChI=1S/C19H18N4O3S3/c1-25-15-6-5-12(8-16(15)26-2)14-9-13(17-4-3-7-27-17)22-23(14)18(24)10-28-19-21-20-11-29-19/h3-8,11,14H,9-10H2,1-2H3/t14-/m1/s1. The highest BCUT2D eigenvalue weighted by Gasteiger charge is 2.34. The number of amides is 1. The van der Waals surface area contributed by atoms with Crippen molar-refractivity contribution in [2.45, 2.75) is 16.8 Å². The molecule has 1 amide bonds. The van der Waals surface area contributed by atoms with Crippen LogP contribution in [0.3, 0.4) is 0 Å². The number of hydrazone groups is 1. The number of hydrogen-bond donors (Lipinski definition) is 0. The number of carbonyl (C=O) groups is 1. The highest BCUT2D eigenvalue weighted by molar-refractivity contribution is 8.01. The van der Waals surface area contributed by atoms with E-state index in [4.69, 9.17) is 9.47 Å². The molecule has 0 bridgehead atoms. The fraction of sp³-hybridized carbons (Fsp3) is 0.263. The fourth-order valence-corrected chi connectivity index (χ4v) is 5.13. The van der Waals surface area contributed by atoms with Gasteiger partial charge in [-0.1, -0.05) is 35.2 Å². The maximum absolute atomic E-state index is 13.0. The lowest BCUT2D eigenvalue weighted by molar-refractivity contribution is -0.130. The lowest BCUT2D eigenvalue weighted by Gasteiger charge is -2.22. The van der Waals surface area contributed by atoms with E-state index in [0.717, 1.165) is 20.5 Å². The summed E-state index contributed by atoms with van der Waals surface area (Å²) in [6.45, 7) is 0. The minimum atomic E-state index is -0.200. The van der Waals surface area contributed by atoms with Crippen LogP contribution in [0.5, 0.6) is 11.5 Å². The number of benzene rings is 1. The molecule has 150 valence electrons. The summed E-state index contributed by atoms with van der Waals surface area (Å²) in [5.74, 6) is 1.46. The van der Waals surface area contributed by atoms with Crippen LogP contribution >= 0.6 is 34.4 Å². The molecule has 0 saturated carbocycles. The Kier molecular flexibility index (Phi) is 6.12. The third-order valence-electron chi connectivity index (χ3n) is 4.42. The van der Waals surface area contributed by atoms with Gasteiger partial charge in [0.2, 0.25) is 0 Å². The second-order valence-electron chi connectivity index (χ2n) is 6.09. The van der Waals surface area contributed by atoms with Gasteiger partial charge in [-0.25, -0.2) is 5.01 Å². The molecule has 1 aliphatic heterocycles. The van der Waals surface area contributed by atoms with Gasteiger partial charge in [-0.05, 0) is 29.1 Å². The highest BCUT2D eigenvalue weighted by atomic mass is 32.2. The van der Waals surface area contributed by atoms with E-state index in [1.807, 2.05) is 35.7 Å². The zero-order valence-corrected chi connectivity index (χ0v) is 18.2. The van der Waals surface area contributed by atoms with Crippen LogP contribution in [-0.2, 0) is 4.79 Å². The number of rotatable bonds is 7. The van der Waals surface area contributed by atoms with Crippen LogP contribution < -0.4 is 9.47 Å². The Morgan fingerprint density at radius 3 is 2.79 bits per heavy atom. The predicted octanol–water partition coefficient (Wildman–Crippen LogP) is 4.09. The van der Waals surface area contributed by atoms with Crippen LogP contribution in [0.4, 0.5) is 0 Å². The SMILES string of the molecule is COc1ccc([C@H]2CC(c3cccs3)=NN2C(=O)CSc2nncs2)cc1OC. The highest BCUT2D eigenvalue weighted by Crippen LogP contribution is 2.38. The second-order valence-corrected chi connectivity index (χ2v) is 9.09. The maximum atomic E-state index is 13.0. The lowest BCUT2D eigenvalue weighted by Crippen LogP contribution is -2.28. The third kappa shape index (κ3) is 4.29. The van der Waals surface area contributed by atoms with Gasteiger partial charge in [0, 0.05) is 6.42 Å². The molecule has 0 N–H and O–H groups in total. The van der Waals surface area contributed by atoms with Crippen LogP contribution in [0, 0.1) is 0 Å². The van der Waals surface area contributed by atoms with Gasteiger partial charge in [-0.3, -0.25) is 4.79 Å². The van der Waals surface area contributed by atoms with Crippen LogP contribution in [0.15, 0.2) is 50.7 Å². The summed E-state index contributed by atoms with van der Waals surface area (Å²) >= 11 is 4.41. The number of thioether (sulfide) groups is 1. The minimum absolute atomic E-state index is 0.0726. The number of nitrogens with zero attached hydrogens (tertiary/aromatic N) is 4. The van der Waals surface area contributed by atoms with Gasteiger partial charge in [0.25, 0.3) is 5.91 Å². The van der Waals surface area contributed by atoms with Gasteiger partial charge < -0.3 is 9.47 Å². The summed E-state index contributed by atoms with van der Waals surface area (Å²) in [4.78, 5) is 14.1. The van der Waals surface area contributed by atoms with E-state index in [9.17, 15) is 4.79 Å². The summed E-state index contributed by atoms with van der Waals surface area (Å²) in [6, 6.07) is 9.54. The first-order valence-electron chi connectivity index (χ1n) is 8.74. The summed E-state index contributed by atoms with van der Waals surface area (Å²) in [7, 11) is 3.21. The molecule has 0 aliphatic carbocycles. The molecule has 4 rings (SSSR count). The van der Waals surface area contributed by atoms with Gasteiger partial charge in [0.15, 0.2) is 15.8 Å². The number of aromatic nitrogens is 2. The first-order valence-corrected chi connectivity index (χ1v) is 11.5. The first kappa shape index (κ1) is 19.9. The predicted molar refractivity (Wildman–Crippen MR) is 115 cm³/mol. The summed E-state index contributed by atoms with van der Waals surface area (Å²) in [5, 5.41) is 16.1. The average molecular weight is 447 g/mol. The van der Waals surface area contributed by atoms with Crippen LogP contribution in [-0.4, -0.2) is 46.8 Å². The van der Waals surface area contributed by atoms with Gasteiger partial charge >= 0.3 is 0 Å². The summed E-state index contributed by atoms with van der Waals surface area (Å²) < 4.78 is 11.6. The molecule has 0 unspecified atom stereocenters. The van der Waals surface area contributed by atoms with E-state index in [1.54, 1.807) is 36.1 Å². The number of thiophene rings is 1. The van der Waals surface area contributed by atoms with Gasteiger partial charge in [0.1, 0.15) is 5.51 Å². The zero-order chi connectivity index (χ0) is 20.2. The van der Waals surface area contributed by atoms with E-state index in [-0.39, 0.29) is 17.7 Å². The first-order chi connectivity index (χ1) is 14.2. The van der Waals surface area contributed by atoms with Crippen molar-refractivity contribution >= 4 is 46.1 Å². The van der Waals surface area contributed by atoms with Crippen molar-refractivity contribution in [3.8, 4) is 11.5 Å². The van der Waals surface area contributed by atoms with Crippen LogP contribution in [0.25, 0.3) is 0 Å². The zero-order valence-electron chi connectivity index (χ0n) is 15.8. The summed E-state index contributed by atoms with van der Waals surface area (Å²) in [5.41, 5.74) is 3.52. The molecule has 1 aliphatic rings.